The fourth-order valence-corrected chi connectivity index (χ4v) is 2.30. The molecule has 0 spiro atoms. The summed E-state index contributed by atoms with van der Waals surface area (Å²) in [5.74, 6) is 0. The summed E-state index contributed by atoms with van der Waals surface area (Å²) in [6, 6.07) is 30.8. The first-order valence-corrected chi connectivity index (χ1v) is 6.63. The van der Waals surface area contributed by atoms with Crippen LogP contribution in [-0.4, -0.2) is 7.05 Å². The van der Waals surface area contributed by atoms with E-state index in [1.165, 1.54) is 5.69 Å². The molecule has 1 heteroatoms. The standard InChI is InChI=1S/C19H15N/c1-20(17-12-6-3-7-13-17)19-15-9-8-14-18(19)16-10-4-2-5-11-16/h2-4,6-10,12-15H,1H3. The molecule has 0 radical (unpaired) electrons. The highest BCUT2D eigenvalue weighted by atomic mass is 15.1. The summed E-state index contributed by atoms with van der Waals surface area (Å²) in [6.07, 6.45) is 0. The van der Waals surface area contributed by atoms with Gasteiger partial charge in [-0.1, -0.05) is 54.6 Å². The van der Waals surface area contributed by atoms with Gasteiger partial charge in [-0.05, 0) is 30.3 Å². The first-order chi connectivity index (χ1) is 9.86. The zero-order valence-corrected chi connectivity index (χ0v) is 11.4. The Bertz CT molecular complexity index is 674. The molecule has 96 valence electrons. The summed E-state index contributed by atoms with van der Waals surface area (Å²) in [5, 5.41) is 0. The number of rotatable bonds is 3. The molecule has 3 rings (SSSR count). The summed E-state index contributed by atoms with van der Waals surface area (Å²) < 4.78 is 0. The van der Waals surface area contributed by atoms with Crippen molar-refractivity contribution in [3.63, 3.8) is 0 Å². The van der Waals surface area contributed by atoms with Gasteiger partial charge >= 0.3 is 0 Å². The normalized spacial score (nSPS) is 9.85. The Kier molecular flexibility index (Phi) is 3.39. The molecule has 0 unspecified atom stereocenters. The van der Waals surface area contributed by atoms with Crippen LogP contribution in [0.5, 0.6) is 0 Å². The molecule has 0 aliphatic carbocycles. The van der Waals surface area contributed by atoms with Crippen molar-refractivity contribution >= 4 is 11.4 Å². The topological polar surface area (TPSA) is 3.24 Å². The van der Waals surface area contributed by atoms with E-state index in [-0.39, 0.29) is 0 Å². The molecule has 0 aromatic heterocycles. The van der Waals surface area contributed by atoms with Gasteiger partial charge in [0.1, 0.15) is 0 Å². The third kappa shape index (κ3) is 2.37. The molecule has 0 N–H and O–H groups in total. The van der Waals surface area contributed by atoms with E-state index in [0.717, 1.165) is 16.8 Å². The predicted octanol–water partition coefficient (Wildman–Crippen LogP) is 4.72. The highest BCUT2D eigenvalue weighted by Gasteiger charge is 2.09. The molecule has 0 amide bonds. The fourth-order valence-electron chi connectivity index (χ4n) is 2.30. The molecule has 3 aromatic carbocycles. The quantitative estimate of drug-likeness (QED) is 0.656. The maximum Gasteiger partial charge on any atom is 0.0494 e. The molecule has 0 bridgehead atoms. The van der Waals surface area contributed by atoms with Crippen LogP contribution in [0.15, 0.2) is 72.8 Å². The second kappa shape index (κ2) is 5.50. The maximum absolute atomic E-state index is 3.18. The van der Waals surface area contributed by atoms with Gasteiger partial charge in [-0.15, -0.1) is 0 Å². The molecule has 3 aromatic rings. The summed E-state index contributed by atoms with van der Waals surface area (Å²) in [7, 11) is 2.08. The van der Waals surface area contributed by atoms with E-state index in [1.54, 1.807) is 0 Å². The van der Waals surface area contributed by atoms with Crippen LogP contribution >= 0.6 is 0 Å². The average Bonchev–Trinajstić information content (AvgIpc) is 2.56. The molecule has 0 atom stereocenters. The second-order valence-electron chi connectivity index (χ2n) is 4.62. The second-order valence-corrected chi connectivity index (χ2v) is 4.62. The molecule has 1 nitrogen and oxygen atoms in total. The van der Waals surface area contributed by atoms with Crippen molar-refractivity contribution < 1.29 is 0 Å². The minimum absolute atomic E-state index is 1.06. The van der Waals surface area contributed by atoms with E-state index in [4.69, 9.17) is 0 Å². The summed E-state index contributed by atoms with van der Waals surface area (Å²) in [4.78, 5) is 2.19. The number of para-hydroxylation sites is 2. The highest BCUT2D eigenvalue weighted by molar-refractivity contribution is 5.81. The molecule has 0 saturated heterocycles. The van der Waals surface area contributed by atoms with Crippen molar-refractivity contribution in [2.45, 2.75) is 0 Å². The fraction of sp³-hybridized carbons (Fsp3) is 0.0526. The Morgan fingerprint density at radius 2 is 1.55 bits per heavy atom. The van der Waals surface area contributed by atoms with Crippen LogP contribution in [0.4, 0.5) is 11.4 Å². The van der Waals surface area contributed by atoms with Gasteiger partial charge in [-0.3, -0.25) is 0 Å². The third-order valence-corrected chi connectivity index (χ3v) is 3.35. The van der Waals surface area contributed by atoms with E-state index in [1.807, 2.05) is 18.2 Å². The molecule has 0 fully saturated rings. The highest BCUT2D eigenvalue weighted by Crippen LogP contribution is 2.32. The number of hydrogen-bond donors (Lipinski definition) is 0. The predicted molar refractivity (Wildman–Crippen MR) is 84.1 cm³/mol. The van der Waals surface area contributed by atoms with Crippen molar-refractivity contribution in [1.29, 1.82) is 0 Å². The van der Waals surface area contributed by atoms with E-state index >= 15 is 0 Å². The molecule has 0 aliphatic rings. The van der Waals surface area contributed by atoms with Crippen molar-refractivity contribution in [2.24, 2.45) is 0 Å². The Morgan fingerprint density at radius 3 is 2.30 bits per heavy atom. The number of hydrogen-bond acceptors (Lipinski definition) is 1. The largest absolute Gasteiger partial charge is 0.344 e. The zero-order valence-electron chi connectivity index (χ0n) is 11.4. The van der Waals surface area contributed by atoms with Crippen LogP contribution in [0, 0.1) is 12.1 Å². The molecule has 20 heavy (non-hydrogen) atoms. The van der Waals surface area contributed by atoms with Gasteiger partial charge in [0.05, 0.1) is 0 Å². The third-order valence-electron chi connectivity index (χ3n) is 3.35. The zero-order chi connectivity index (χ0) is 13.8. The summed E-state index contributed by atoms with van der Waals surface area (Å²) >= 11 is 0. The van der Waals surface area contributed by atoms with E-state index in [2.05, 4.69) is 78.7 Å². The first-order valence-electron chi connectivity index (χ1n) is 6.63. The van der Waals surface area contributed by atoms with Gasteiger partial charge in [0.25, 0.3) is 0 Å². The average molecular weight is 257 g/mol. The van der Waals surface area contributed by atoms with Gasteiger partial charge in [-0.25, -0.2) is 0 Å². The minimum Gasteiger partial charge on any atom is -0.344 e. The van der Waals surface area contributed by atoms with E-state index < -0.39 is 0 Å². The van der Waals surface area contributed by atoms with Crippen molar-refractivity contribution in [3.05, 3.63) is 84.9 Å². The van der Waals surface area contributed by atoms with Crippen molar-refractivity contribution in [2.75, 3.05) is 11.9 Å². The Hall–Kier alpha value is -2.72. The Labute approximate surface area is 120 Å². The van der Waals surface area contributed by atoms with Crippen molar-refractivity contribution in [3.8, 4) is 11.1 Å². The molecule has 0 saturated carbocycles. The van der Waals surface area contributed by atoms with Crippen LogP contribution in [0.25, 0.3) is 11.1 Å². The first kappa shape index (κ1) is 12.3. The van der Waals surface area contributed by atoms with Crippen LogP contribution in [0.1, 0.15) is 0 Å². The maximum atomic E-state index is 3.18. The summed E-state index contributed by atoms with van der Waals surface area (Å²) in [6.45, 7) is 0. The van der Waals surface area contributed by atoms with Gasteiger partial charge < -0.3 is 4.90 Å². The van der Waals surface area contributed by atoms with E-state index in [9.17, 15) is 0 Å². The lowest BCUT2D eigenvalue weighted by molar-refractivity contribution is 1.21. The van der Waals surface area contributed by atoms with Crippen LogP contribution in [-0.2, 0) is 0 Å². The van der Waals surface area contributed by atoms with Gasteiger partial charge in [0.15, 0.2) is 0 Å². The lowest BCUT2D eigenvalue weighted by Gasteiger charge is -2.22. The number of anilines is 2. The van der Waals surface area contributed by atoms with Gasteiger partial charge in [0, 0.05) is 29.5 Å². The monoisotopic (exact) mass is 257 g/mol. The smallest absolute Gasteiger partial charge is 0.0494 e. The molecular formula is C19H15N. The van der Waals surface area contributed by atoms with Gasteiger partial charge in [-0.2, -0.15) is 0 Å². The molecule has 0 heterocycles. The molecule has 0 aliphatic heterocycles. The SMILES string of the molecule is CN(c1ccccc1)c1ccccc1-c1c#cccc1. The van der Waals surface area contributed by atoms with Crippen LogP contribution < -0.4 is 4.90 Å². The van der Waals surface area contributed by atoms with Crippen LogP contribution in [0.2, 0.25) is 0 Å². The Morgan fingerprint density at radius 1 is 0.800 bits per heavy atom. The van der Waals surface area contributed by atoms with Crippen molar-refractivity contribution in [1.82, 2.24) is 0 Å². The Balaban J connectivity index is 2.07. The lowest BCUT2D eigenvalue weighted by atomic mass is 10.0. The number of benzene rings is 2. The minimum atomic E-state index is 1.06. The number of nitrogens with zero attached hydrogens (tertiary/aromatic N) is 1. The molecular weight excluding hydrogens is 242 g/mol. The van der Waals surface area contributed by atoms with Crippen LogP contribution in [0.3, 0.4) is 0 Å². The summed E-state index contributed by atoms with van der Waals surface area (Å²) in [5.41, 5.74) is 4.55. The lowest BCUT2D eigenvalue weighted by Crippen LogP contribution is -2.10. The van der Waals surface area contributed by atoms with Gasteiger partial charge in [0.2, 0.25) is 0 Å². The van der Waals surface area contributed by atoms with E-state index in [0.29, 0.717) is 0 Å².